The lowest BCUT2D eigenvalue weighted by Crippen LogP contribution is -2.18. The molecular weight excluding hydrogens is 363 g/mol. The first kappa shape index (κ1) is 17.8. The molecule has 3 aromatic rings. The maximum Gasteiger partial charge on any atom is 0.204 e. The van der Waals surface area contributed by atoms with Gasteiger partial charge in [-0.15, -0.1) is 0 Å². The van der Waals surface area contributed by atoms with Gasteiger partial charge in [0.1, 0.15) is 37.2 Å². The van der Waals surface area contributed by atoms with E-state index in [4.69, 9.17) is 19.5 Å². The van der Waals surface area contributed by atoms with Crippen molar-refractivity contribution < 1.29 is 18.6 Å². The lowest BCUT2D eigenvalue weighted by molar-refractivity contribution is 0.157. The van der Waals surface area contributed by atoms with Crippen LogP contribution in [0.4, 0.5) is 15.9 Å². The molecule has 0 radical (unpaired) electrons. The van der Waals surface area contributed by atoms with E-state index in [1.54, 1.807) is 6.07 Å². The van der Waals surface area contributed by atoms with Gasteiger partial charge >= 0.3 is 0 Å². The molecule has 0 atom stereocenters. The number of hydrogen-bond donors (Lipinski definition) is 1. The summed E-state index contributed by atoms with van der Waals surface area (Å²) in [4.78, 5) is 8.63. The van der Waals surface area contributed by atoms with Crippen LogP contribution in [-0.4, -0.2) is 29.3 Å². The van der Waals surface area contributed by atoms with E-state index in [0.29, 0.717) is 52.9 Å². The van der Waals surface area contributed by atoms with E-state index in [-0.39, 0.29) is 11.7 Å². The predicted octanol–water partition coefficient (Wildman–Crippen LogP) is 3.94. The minimum Gasteiger partial charge on any atom is -0.487 e. The van der Waals surface area contributed by atoms with Crippen LogP contribution in [0.25, 0.3) is 10.9 Å². The SMILES string of the molecule is CC(C)Oc1cc2ncnc(Nc3ccc(F)c(C#N)c3)c2c2c1OCCO2. The Labute approximate surface area is 160 Å². The summed E-state index contributed by atoms with van der Waals surface area (Å²) in [5.41, 5.74) is 1.07. The van der Waals surface area contributed by atoms with E-state index in [1.165, 1.54) is 24.5 Å². The molecule has 28 heavy (non-hydrogen) atoms. The number of anilines is 2. The molecule has 2 aromatic carbocycles. The number of aromatic nitrogens is 2. The van der Waals surface area contributed by atoms with Crippen LogP contribution in [0.2, 0.25) is 0 Å². The smallest absolute Gasteiger partial charge is 0.204 e. The molecule has 142 valence electrons. The highest BCUT2D eigenvalue weighted by Gasteiger charge is 2.25. The summed E-state index contributed by atoms with van der Waals surface area (Å²) in [5.74, 6) is 1.42. The number of nitrogens with one attached hydrogen (secondary N) is 1. The monoisotopic (exact) mass is 380 g/mol. The number of nitrogens with zero attached hydrogens (tertiary/aromatic N) is 3. The normalized spacial score (nSPS) is 12.7. The van der Waals surface area contributed by atoms with Crippen molar-refractivity contribution in [2.45, 2.75) is 20.0 Å². The second kappa shape index (κ2) is 7.19. The lowest BCUT2D eigenvalue weighted by Gasteiger charge is -2.24. The Bertz CT molecular complexity index is 1090. The number of nitriles is 1. The van der Waals surface area contributed by atoms with Gasteiger partial charge in [0.15, 0.2) is 11.5 Å². The fourth-order valence-corrected chi connectivity index (χ4v) is 2.97. The van der Waals surface area contributed by atoms with E-state index >= 15 is 0 Å². The summed E-state index contributed by atoms with van der Waals surface area (Å²) < 4.78 is 31.1. The Balaban J connectivity index is 1.85. The number of benzene rings is 2. The van der Waals surface area contributed by atoms with Crippen molar-refractivity contribution in [3.63, 3.8) is 0 Å². The zero-order valence-corrected chi connectivity index (χ0v) is 15.3. The molecule has 0 aliphatic carbocycles. The molecule has 0 unspecified atom stereocenters. The maximum atomic E-state index is 13.6. The zero-order valence-electron chi connectivity index (χ0n) is 15.3. The average Bonchev–Trinajstić information content (AvgIpc) is 2.69. The summed E-state index contributed by atoms with van der Waals surface area (Å²) >= 11 is 0. The third-order valence-corrected chi connectivity index (χ3v) is 4.09. The third-order valence-electron chi connectivity index (χ3n) is 4.09. The molecule has 0 amide bonds. The van der Waals surface area contributed by atoms with Gasteiger partial charge in [0, 0.05) is 11.8 Å². The molecule has 0 bridgehead atoms. The predicted molar refractivity (Wildman–Crippen MR) is 101 cm³/mol. The van der Waals surface area contributed by atoms with E-state index in [1.807, 2.05) is 19.9 Å². The second-order valence-electron chi connectivity index (χ2n) is 6.44. The van der Waals surface area contributed by atoms with Gasteiger partial charge in [-0.3, -0.25) is 0 Å². The summed E-state index contributed by atoms with van der Waals surface area (Å²) in [6.07, 6.45) is 1.37. The third kappa shape index (κ3) is 3.22. The highest BCUT2D eigenvalue weighted by atomic mass is 19.1. The number of halogens is 1. The maximum absolute atomic E-state index is 13.6. The molecular formula is C20H17FN4O3. The molecule has 0 saturated heterocycles. The summed E-state index contributed by atoms with van der Waals surface area (Å²) in [5, 5.41) is 12.8. The van der Waals surface area contributed by atoms with Crippen LogP contribution in [0.5, 0.6) is 17.2 Å². The number of hydrogen-bond acceptors (Lipinski definition) is 7. The Hall–Kier alpha value is -3.60. The van der Waals surface area contributed by atoms with Crippen molar-refractivity contribution in [2.24, 2.45) is 0 Å². The molecule has 1 aliphatic heterocycles. The van der Waals surface area contributed by atoms with Gasteiger partial charge in [0.25, 0.3) is 0 Å². The lowest BCUT2D eigenvalue weighted by atomic mass is 10.1. The topological polar surface area (TPSA) is 89.3 Å². The highest BCUT2D eigenvalue weighted by Crippen LogP contribution is 2.47. The van der Waals surface area contributed by atoms with E-state index in [2.05, 4.69) is 15.3 Å². The van der Waals surface area contributed by atoms with Gasteiger partial charge in [0.2, 0.25) is 5.75 Å². The van der Waals surface area contributed by atoms with Crippen LogP contribution in [0.15, 0.2) is 30.6 Å². The molecule has 0 spiro atoms. The van der Waals surface area contributed by atoms with Crippen LogP contribution in [0, 0.1) is 17.1 Å². The molecule has 1 aromatic heterocycles. The first-order valence-corrected chi connectivity index (χ1v) is 8.77. The van der Waals surface area contributed by atoms with Crippen LogP contribution in [-0.2, 0) is 0 Å². The fourth-order valence-electron chi connectivity index (χ4n) is 2.97. The standard InChI is InChI=1S/C20H17FN4O3/c1-11(2)28-16-8-15-17(19-18(16)26-5-6-27-19)20(24-10-23-15)25-13-3-4-14(21)12(7-13)9-22/h3-4,7-8,10-11H,5-6H2,1-2H3,(H,23,24,25). The van der Waals surface area contributed by atoms with E-state index in [9.17, 15) is 4.39 Å². The molecule has 4 rings (SSSR count). The van der Waals surface area contributed by atoms with Crippen molar-refractivity contribution in [1.29, 1.82) is 5.26 Å². The number of fused-ring (bicyclic) bond motifs is 3. The van der Waals surface area contributed by atoms with Gasteiger partial charge in [-0.25, -0.2) is 14.4 Å². The van der Waals surface area contributed by atoms with Crippen LogP contribution >= 0.6 is 0 Å². The van der Waals surface area contributed by atoms with Crippen LogP contribution < -0.4 is 19.5 Å². The van der Waals surface area contributed by atoms with E-state index < -0.39 is 5.82 Å². The Morgan fingerprint density at radius 3 is 2.71 bits per heavy atom. The Morgan fingerprint density at radius 2 is 1.96 bits per heavy atom. The van der Waals surface area contributed by atoms with Gasteiger partial charge < -0.3 is 19.5 Å². The summed E-state index contributed by atoms with van der Waals surface area (Å²) in [6.45, 7) is 4.65. The van der Waals surface area contributed by atoms with Crippen molar-refractivity contribution in [3.05, 3.63) is 42.0 Å². The molecule has 0 saturated carbocycles. The molecule has 0 fully saturated rings. The fraction of sp³-hybridized carbons (Fsp3) is 0.250. The van der Waals surface area contributed by atoms with Crippen LogP contribution in [0.1, 0.15) is 19.4 Å². The quantitative estimate of drug-likeness (QED) is 0.733. The van der Waals surface area contributed by atoms with Crippen LogP contribution in [0.3, 0.4) is 0 Å². The molecule has 8 heteroatoms. The van der Waals surface area contributed by atoms with Crippen molar-refractivity contribution in [1.82, 2.24) is 9.97 Å². The highest BCUT2D eigenvalue weighted by molar-refractivity contribution is 5.99. The summed E-state index contributed by atoms with van der Waals surface area (Å²) in [6, 6.07) is 7.79. The Morgan fingerprint density at radius 1 is 1.18 bits per heavy atom. The summed E-state index contributed by atoms with van der Waals surface area (Å²) in [7, 11) is 0. The van der Waals surface area contributed by atoms with Gasteiger partial charge in [-0.05, 0) is 32.0 Å². The number of ether oxygens (including phenoxy) is 3. The van der Waals surface area contributed by atoms with Gasteiger partial charge in [-0.1, -0.05) is 0 Å². The number of rotatable bonds is 4. The average molecular weight is 380 g/mol. The zero-order chi connectivity index (χ0) is 19.7. The molecule has 1 aliphatic rings. The largest absolute Gasteiger partial charge is 0.487 e. The van der Waals surface area contributed by atoms with Crippen molar-refractivity contribution >= 4 is 22.4 Å². The molecule has 2 heterocycles. The molecule has 1 N–H and O–H groups in total. The molecule has 7 nitrogen and oxygen atoms in total. The first-order valence-electron chi connectivity index (χ1n) is 8.77. The van der Waals surface area contributed by atoms with Crippen molar-refractivity contribution in [2.75, 3.05) is 18.5 Å². The van der Waals surface area contributed by atoms with Crippen molar-refractivity contribution in [3.8, 4) is 23.3 Å². The van der Waals surface area contributed by atoms with Gasteiger partial charge in [-0.2, -0.15) is 5.26 Å². The van der Waals surface area contributed by atoms with E-state index in [0.717, 1.165) is 0 Å². The first-order chi connectivity index (χ1) is 13.6. The minimum atomic E-state index is -0.579. The Kier molecular flexibility index (Phi) is 4.57. The van der Waals surface area contributed by atoms with Gasteiger partial charge in [0.05, 0.1) is 22.6 Å². The second-order valence-corrected chi connectivity index (χ2v) is 6.44. The minimum absolute atomic E-state index is 0.0462.